The Kier molecular flexibility index (Phi) is 6.14. The largest absolute Gasteiger partial charge is 0.361 e. The number of carbonyl (C=O) groups excluding carboxylic acids is 1. The standard InChI is InChI=1S/C21H31N3O/c1-16-12-17(2)15-24(14-16)11-5-10-22-21(25)9-8-18-13-23-20-7-4-3-6-19(18)20/h3-4,6-7,13,16-17,23H,5,8-12,14-15H2,1-2H3,(H,22,25)/t16-,17-/m0/s1. The first kappa shape index (κ1) is 18.0. The Bertz CT molecular complexity index is 683. The van der Waals surface area contributed by atoms with Gasteiger partial charge in [0.05, 0.1) is 0 Å². The maximum Gasteiger partial charge on any atom is 0.220 e. The van der Waals surface area contributed by atoms with Gasteiger partial charge in [0.1, 0.15) is 0 Å². The molecule has 0 radical (unpaired) electrons. The molecule has 1 aliphatic rings. The number of benzene rings is 1. The highest BCUT2D eigenvalue weighted by molar-refractivity contribution is 5.84. The molecular weight excluding hydrogens is 310 g/mol. The van der Waals surface area contributed by atoms with Crippen LogP contribution in [-0.4, -0.2) is 42.0 Å². The van der Waals surface area contributed by atoms with Gasteiger partial charge in [0.2, 0.25) is 5.91 Å². The van der Waals surface area contributed by atoms with Crippen LogP contribution in [0.5, 0.6) is 0 Å². The van der Waals surface area contributed by atoms with E-state index in [1.165, 1.54) is 30.5 Å². The van der Waals surface area contributed by atoms with E-state index in [1.54, 1.807) is 0 Å². The van der Waals surface area contributed by atoms with E-state index in [0.29, 0.717) is 6.42 Å². The average molecular weight is 341 g/mol. The molecule has 4 nitrogen and oxygen atoms in total. The number of carbonyl (C=O) groups is 1. The van der Waals surface area contributed by atoms with Crippen molar-refractivity contribution in [1.29, 1.82) is 0 Å². The molecule has 1 saturated heterocycles. The predicted molar refractivity (Wildman–Crippen MR) is 104 cm³/mol. The Balaban J connectivity index is 1.34. The topological polar surface area (TPSA) is 48.1 Å². The first-order valence-corrected chi connectivity index (χ1v) is 9.66. The minimum Gasteiger partial charge on any atom is -0.361 e. The van der Waals surface area contributed by atoms with E-state index in [-0.39, 0.29) is 5.91 Å². The van der Waals surface area contributed by atoms with Crippen LogP contribution in [0.25, 0.3) is 10.9 Å². The molecule has 2 atom stereocenters. The number of hydrogen-bond donors (Lipinski definition) is 2. The summed E-state index contributed by atoms with van der Waals surface area (Å²) in [7, 11) is 0. The van der Waals surface area contributed by atoms with Crippen molar-refractivity contribution in [1.82, 2.24) is 15.2 Å². The van der Waals surface area contributed by atoms with Gasteiger partial charge < -0.3 is 15.2 Å². The lowest BCUT2D eigenvalue weighted by molar-refractivity contribution is -0.121. The van der Waals surface area contributed by atoms with Crippen LogP contribution in [0.1, 0.15) is 38.7 Å². The molecule has 0 aliphatic carbocycles. The Labute approximate surface area is 151 Å². The summed E-state index contributed by atoms with van der Waals surface area (Å²) < 4.78 is 0. The SMILES string of the molecule is C[C@H]1C[C@H](C)CN(CCCNC(=O)CCc2c[nH]c3ccccc23)C1. The van der Waals surface area contributed by atoms with Gasteiger partial charge in [-0.2, -0.15) is 0 Å². The zero-order valence-electron chi connectivity index (χ0n) is 15.6. The summed E-state index contributed by atoms with van der Waals surface area (Å²) in [4.78, 5) is 17.9. The summed E-state index contributed by atoms with van der Waals surface area (Å²) >= 11 is 0. The van der Waals surface area contributed by atoms with Gasteiger partial charge in [-0.25, -0.2) is 0 Å². The summed E-state index contributed by atoms with van der Waals surface area (Å²) in [5.74, 6) is 1.76. The van der Waals surface area contributed by atoms with E-state index in [9.17, 15) is 4.79 Å². The summed E-state index contributed by atoms with van der Waals surface area (Å²) in [5, 5.41) is 4.30. The molecule has 3 rings (SSSR count). The number of nitrogens with zero attached hydrogens (tertiary/aromatic N) is 1. The molecular formula is C21H31N3O. The second-order valence-electron chi connectivity index (χ2n) is 7.77. The van der Waals surface area contributed by atoms with Gasteiger partial charge in [0.25, 0.3) is 0 Å². The van der Waals surface area contributed by atoms with Crippen molar-refractivity contribution in [2.75, 3.05) is 26.2 Å². The van der Waals surface area contributed by atoms with Crippen molar-refractivity contribution >= 4 is 16.8 Å². The second-order valence-corrected chi connectivity index (χ2v) is 7.77. The number of aromatic nitrogens is 1. The number of nitrogens with one attached hydrogen (secondary N) is 2. The molecule has 1 aliphatic heterocycles. The lowest BCUT2D eigenvalue weighted by Crippen LogP contribution is -2.40. The van der Waals surface area contributed by atoms with Crippen molar-refractivity contribution < 1.29 is 4.79 Å². The van der Waals surface area contributed by atoms with E-state index in [0.717, 1.165) is 43.3 Å². The van der Waals surface area contributed by atoms with Gasteiger partial charge in [-0.3, -0.25) is 4.79 Å². The third-order valence-corrected chi connectivity index (χ3v) is 5.21. The summed E-state index contributed by atoms with van der Waals surface area (Å²) in [6.45, 7) is 8.98. The van der Waals surface area contributed by atoms with E-state index in [1.807, 2.05) is 18.3 Å². The number of hydrogen-bond acceptors (Lipinski definition) is 2. The molecule has 1 aromatic heterocycles. The number of likely N-dealkylation sites (tertiary alicyclic amines) is 1. The number of fused-ring (bicyclic) bond motifs is 1. The van der Waals surface area contributed by atoms with Crippen LogP contribution in [0.15, 0.2) is 30.5 Å². The van der Waals surface area contributed by atoms with Gasteiger partial charge >= 0.3 is 0 Å². The molecule has 1 fully saturated rings. The van der Waals surface area contributed by atoms with Crippen molar-refractivity contribution in [3.8, 4) is 0 Å². The lowest BCUT2D eigenvalue weighted by atomic mass is 9.92. The fourth-order valence-electron chi connectivity index (χ4n) is 4.18. The summed E-state index contributed by atoms with van der Waals surface area (Å²) in [6, 6.07) is 8.25. The molecule has 0 unspecified atom stereocenters. The first-order chi connectivity index (χ1) is 12.1. The second kappa shape index (κ2) is 8.52. The van der Waals surface area contributed by atoms with Gasteiger partial charge in [0, 0.05) is 43.2 Å². The number of aryl methyl sites for hydroxylation is 1. The van der Waals surface area contributed by atoms with Crippen LogP contribution in [0, 0.1) is 11.8 Å². The smallest absolute Gasteiger partial charge is 0.220 e. The summed E-state index contributed by atoms with van der Waals surface area (Å²) in [5.41, 5.74) is 2.37. The summed E-state index contributed by atoms with van der Waals surface area (Å²) in [6.07, 6.45) is 5.76. The Morgan fingerprint density at radius 2 is 2.00 bits per heavy atom. The fourth-order valence-corrected chi connectivity index (χ4v) is 4.18. The van der Waals surface area contributed by atoms with Crippen molar-refractivity contribution in [2.45, 2.75) is 39.5 Å². The molecule has 25 heavy (non-hydrogen) atoms. The monoisotopic (exact) mass is 341 g/mol. The molecule has 2 N–H and O–H groups in total. The Hall–Kier alpha value is -1.81. The van der Waals surface area contributed by atoms with Crippen molar-refractivity contribution in [3.63, 3.8) is 0 Å². The Morgan fingerprint density at radius 3 is 2.80 bits per heavy atom. The molecule has 0 spiro atoms. The number of para-hydroxylation sites is 1. The van der Waals surface area contributed by atoms with Gasteiger partial charge in [-0.1, -0.05) is 32.0 Å². The van der Waals surface area contributed by atoms with Gasteiger partial charge in [-0.05, 0) is 49.3 Å². The number of rotatable bonds is 7. The van der Waals surface area contributed by atoms with Crippen LogP contribution >= 0.6 is 0 Å². The van der Waals surface area contributed by atoms with E-state index in [2.05, 4.69) is 41.2 Å². The first-order valence-electron chi connectivity index (χ1n) is 9.66. The maximum atomic E-state index is 12.1. The number of aromatic amines is 1. The van der Waals surface area contributed by atoms with E-state index >= 15 is 0 Å². The molecule has 2 heterocycles. The molecule has 1 amide bonds. The van der Waals surface area contributed by atoms with Crippen LogP contribution < -0.4 is 5.32 Å². The van der Waals surface area contributed by atoms with E-state index < -0.39 is 0 Å². The van der Waals surface area contributed by atoms with Crippen LogP contribution in [0.3, 0.4) is 0 Å². The minimum absolute atomic E-state index is 0.158. The molecule has 4 heteroatoms. The average Bonchev–Trinajstić information content (AvgIpc) is 2.99. The van der Waals surface area contributed by atoms with Crippen LogP contribution in [0.4, 0.5) is 0 Å². The zero-order valence-corrected chi connectivity index (χ0v) is 15.6. The van der Waals surface area contributed by atoms with Crippen LogP contribution in [0.2, 0.25) is 0 Å². The molecule has 136 valence electrons. The Morgan fingerprint density at radius 1 is 1.24 bits per heavy atom. The van der Waals surface area contributed by atoms with Crippen LogP contribution in [-0.2, 0) is 11.2 Å². The third kappa shape index (κ3) is 5.08. The quantitative estimate of drug-likeness (QED) is 0.756. The molecule has 0 bridgehead atoms. The predicted octanol–water partition coefficient (Wildman–Crippen LogP) is 3.58. The highest BCUT2D eigenvalue weighted by Crippen LogP contribution is 2.21. The lowest BCUT2D eigenvalue weighted by Gasteiger charge is -2.34. The fraction of sp³-hybridized carbons (Fsp3) is 0.571. The molecule has 2 aromatic rings. The van der Waals surface area contributed by atoms with Crippen molar-refractivity contribution in [2.24, 2.45) is 11.8 Å². The maximum absolute atomic E-state index is 12.1. The van der Waals surface area contributed by atoms with E-state index in [4.69, 9.17) is 0 Å². The highest BCUT2D eigenvalue weighted by atomic mass is 16.1. The zero-order chi connectivity index (χ0) is 17.6. The highest BCUT2D eigenvalue weighted by Gasteiger charge is 2.21. The third-order valence-electron chi connectivity index (χ3n) is 5.21. The molecule has 1 aromatic carbocycles. The minimum atomic E-state index is 0.158. The normalized spacial score (nSPS) is 21.5. The molecule has 0 saturated carbocycles. The number of H-pyrrole nitrogens is 1. The van der Waals surface area contributed by atoms with Crippen molar-refractivity contribution in [3.05, 3.63) is 36.0 Å². The van der Waals surface area contributed by atoms with Gasteiger partial charge in [0.15, 0.2) is 0 Å². The van der Waals surface area contributed by atoms with Gasteiger partial charge in [-0.15, -0.1) is 0 Å². The number of piperidine rings is 1. The number of amides is 1.